The maximum absolute atomic E-state index is 8.36. The van der Waals surface area contributed by atoms with Gasteiger partial charge in [-0.15, -0.1) is 11.3 Å². The van der Waals surface area contributed by atoms with Crippen LogP contribution in [0.2, 0.25) is 0 Å². The molecule has 0 saturated heterocycles. The van der Waals surface area contributed by atoms with Gasteiger partial charge in [0.05, 0.1) is 19.0 Å². The van der Waals surface area contributed by atoms with Crippen molar-refractivity contribution >= 4 is 17.8 Å². The zero-order valence-corrected chi connectivity index (χ0v) is 12.8. The third kappa shape index (κ3) is 6.24. The average Bonchev–Trinajstić information content (AvgIpc) is 2.89. The minimum Gasteiger partial charge on any atom is -0.483 e. The molecule has 6 nitrogen and oxygen atoms in total. The van der Waals surface area contributed by atoms with Crippen LogP contribution in [-0.4, -0.2) is 33.1 Å². The first-order valence-electron chi connectivity index (χ1n) is 6.16. The molecule has 0 aromatic carbocycles. The summed E-state index contributed by atoms with van der Waals surface area (Å²) in [6.45, 7) is 8.28. The number of nitrogens with zero attached hydrogens (tertiary/aromatic N) is 3. The molecule has 2 aromatic heterocycles. The van der Waals surface area contributed by atoms with E-state index in [0.717, 1.165) is 15.6 Å². The summed E-state index contributed by atoms with van der Waals surface area (Å²) in [7, 11) is 0. The summed E-state index contributed by atoms with van der Waals surface area (Å²) in [5.41, 5.74) is 0.763. The van der Waals surface area contributed by atoms with Crippen molar-refractivity contribution in [3.63, 3.8) is 0 Å². The lowest BCUT2D eigenvalue weighted by atomic mass is 10.5. The van der Waals surface area contributed by atoms with Crippen molar-refractivity contribution in [2.45, 2.75) is 27.7 Å². The van der Waals surface area contributed by atoms with Gasteiger partial charge in [0, 0.05) is 11.1 Å². The number of rotatable bonds is 3. The summed E-state index contributed by atoms with van der Waals surface area (Å²) < 4.78 is 5.28. The lowest BCUT2D eigenvalue weighted by Crippen LogP contribution is -1.96. The molecule has 0 amide bonds. The fourth-order valence-electron chi connectivity index (χ4n) is 1.14. The van der Waals surface area contributed by atoms with Crippen molar-refractivity contribution in [1.29, 1.82) is 0 Å². The van der Waals surface area contributed by atoms with E-state index in [4.69, 9.17) is 14.6 Å². The summed E-state index contributed by atoms with van der Waals surface area (Å²) in [5, 5.41) is 7.77. The maximum Gasteiger partial charge on any atom is 0.290 e. The molecule has 0 unspecified atom stereocenters. The number of aryl methyl sites for hydroxylation is 1. The molecule has 0 saturated carbocycles. The fraction of sp³-hybridized carbons (Fsp3) is 0.385. The Bertz CT molecular complexity index is 503. The van der Waals surface area contributed by atoms with Crippen molar-refractivity contribution < 1.29 is 14.6 Å². The Morgan fingerprint density at radius 3 is 2.50 bits per heavy atom. The molecule has 0 fully saturated rings. The van der Waals surface area contributed by atoms with E-state index < -0.39 is 0 Å². The summed E-state index contributed by atoms with van der Waals surface area (Å²) in [5.74, 6) is 0.544. The van der Waals surface area contributed by atoms with Crippen molar-refractivity contribution in [3.8, 4) is 16.6 Å². The topological polar surface area (TPSA) is 85.2 Å². The van der Waals surface area contributed by atoms with Gasteiger partial charge >= 0.3 is 0 Å². The number of thiazole rings is 1. The predicted molar refractivity (Wildman–Crippen MR) is 79.1 cm³/mol. The SMILES string of the molecule is CC.CCOc1cncc(-c2ncc(C)s2)n1.O=CO. The monoisotopic (exact) mass is 297 g/mol. The van der Waals surface area contributed by atoms with Gasteiger partial charge in [0.25, 0.3) is 6.47 Å². The third-order valence-corrected chi connectivity index (χ3v) is 2.68. The molecule has 1 N–H and O–H groups in total. The molecule has 0 spiro atoms. The molecule has 0 aliphatic rings. The number of carbonyl (C=O) groups is 1. The highest BCUT2D eigenvalue weighted by atomic mass is 32.1. The molecule has 0 aliphatic carbocycles. The van der Waals surface area contributed by atoms with E-state index in [9.17, 15) is 0 Å². The quantitative estimate of drug-likeness (QED) is 0.876. The van der Waals surface area contributed by atoms with Crippen molar-refractivity contribution in [2.75, 3.05) is 6.61 Å². The van der Waals surface area contributed by atoms with Crippen LogP contribution < -0.4 is 4.74 Å². The molecule has 0 atom stereocenters. The third-order valence-electron chi connectivity index (χ3n) is 1.75. The van der Waals surface area contributed by atoms with Crippen LogP contribution in [-0.2, 0) is 4.79 Å². The van der Waals surface area contributed by atoms with Gasteiger partial charge in [0.15, 0.2) is 0 Å². The van der Waals surface area contributed by atoms with Crippen molar-refractivity contribution in [3.05, 3.63) is 23.5 Å². The van der Waals surface area contributed by atoms with Crippen LogP contribution in [0.25, 0.3) is 10.7 Å². The van der Waals surface area contributed by atoms with Crippen molar-refractivity contribution in [2.24, 2.45) is 0 Å². The molecule has 20 heavy (non-hydrogen) atoms. The van der Waals surface area contributed by atoms with Crippen LogP contribution in [0.1, 0.15) is 25.6 Å². The Labute approximate surface area is 122 Å². The highest BCUT2D eigenvalue weighted by Crippen LogP contribution is 2.23. The van der Waals surface area contributed by atoms with E-state index in [2.05, 4.69) is 15.0 Å². The largest absolute Gasteiger partial charge is 0.483 e. The van der Waals surface area contributed by atoms with Crippen LogP contribution in [0.5, 0.6) is 5.88 Å². The van der Waals surface area contributed by atoms with Gasteiger partial charge in [-0.1, -0.05) is 13.8 Å². The van der Waals surface area contributed by atoms with Gasteiger partial charge in [-0.3, -0.25) is 9.78 Å². The lowest BCUT2D eigenvalue weighted by molar-refractivity contribution is -0.122. The highest BCUT2D eigenvalue weighted by molar-refractivity contribution is 7.14. The molecular formula is C13H19N3O3S. The molecule has 2 aromatic rings. The second-order valence-electron chi connectivity index (χ2n) is 3.06. The Balaban J connectivity index is 0.000000641. The minimum absolute atomic E-state index is 0.250. The zero-order chi connectivity index (χ0) is 15.4. The molecule has 7 heteroatoms. The maximum atomic E-state index is 8.36. The van der Waals surface area contributed by atoms with Gasteiger partial charge in [0.1, 0.15) is 10.7 Å². The summed E-state index contributed by atoms with van der Waals surface area (Å²) in [6, 6.07) is 0. The Morgan fingerprint density at radius 2 is 2.00 bits per heavy atom. The van der Waals surface area contributed by atoms with E-state index in [0.29, 0.717) is 12.5 Å². The van der Waals surface area contributed by atoms with E-state index in [1.165, 1.54) is 0 Å². The first-order valence-corrected chi connectivity index (χ1v) is 6.98. The Morgan fingerprint density at radius 1 is 1.35 bits per heavy atom. The van der Waals surface area contributed by atoms with Gasteiger partial charge in [-0.25, -0.2) is 9.97 Å². The van der Waals surface area contributed by atoms with Crippen molar-refractivity contribution in [1.82, 2.24) is 15.0 Å². The number of hydrogen-bond acceptors (Lipinski definition) is 6. The van der Waals surface area contributed by atoms with Gasteiger partial charge in [-0.05, 0) is 13.8 Å². The van der Waals surface area contributed by atoms with E-state index in [-0.39, 0.29) is 6.47 Å². The van der Waals surface area contributed by atoms with E-state index in [1.54, 1.807) is 23.7 Å². The summed E-state index contributed by atoms with van der Waals surface area (Å²) >= 11 is 1.60. The molecule has 110 valence electrons. The Hall–Kier alpha value is -2.02. The van der Waals surface area contributed by atoms with Crippen LogP contribution >= 0.6 is 11.3 Å². The first-order chi connectivity index (χ1) is 9.71. The average molecular weight is 297 g/mol. The summed E-state index contributed by atoms with van der Waals surface area (Å²) in [4.78, 5) is 22.1. The van der Waals surface area contributed by atoms with Gasteiger partial charge in [-0.2, -0.15) is 0 Å². The second-order valence-corrected chi connectivity index (χ2v) is 4.29. The predicted octanol–water partition coefficient (Wildman–Crippen LogP) is 3.03. The minimum atomic E-state index is -0.250. The van der Waals surface area contributed by atoms with Gasteiger partial charge in [0.2, 0.25) is 5.88 Å². The van der Waals surface area contributed by atoms with E-state index >= 15 is 0 Å². The normalized spacial score (nSPS) is 8.60. The fourth-order valence-corrected chi connectivity index (χ4v) is 1.86. The molecule has 0 aliphatic heterocycles. The summed E-state index contributed by atoms with van der Waals surface area (Å²) in [6.07, 6.45) is 5.13. The zero-order valence-electron chi connectivity index (χ0n) is 12.0. The van der Waals surface area contributed by atoms with Crippen LogP contribution in [0, 0.1) is 6.92 Å². The number of hydrogen-bond donors (Lipinski definition) is 1. The standard InChI is InChI=1S/C10H11N3OS.C2H6.CH2O2/c1-3-14-9-6-11-5-8(13-9)10-12-4-7(2)15-10;1-2;2-1-3/h4-6H,3H2,1-2H3;1-2H3;1H,(H,2,3). The number of aromatic nitrogens is 3. The lowest BCUT2D eigenvalue weighted by Gasteiger charge is -2.01. The second kappa shape index (κ2) is 10.9. The van der Waals surface area contributed by atoms with Crippen LogP contribution in [0.15, 0.2) is 18.6 Å². The smallest absolute Gasteiger partial charge is 0.290 e. The number of carboxylic acid groups (broad SMARTS) is 1. The molecule has 2 heterocycles. The van der Waals surface area contributed by atoms with Gasteiger partial charge < -0.3 is 9.84 Å². The first kappa shape index (κ1) is 18.0. The van der Waals surface area contributed by atoms with Crippen LogP contribution in [0.4, 0.5) is 0 Å². The molecular weight excluding hydrogens is 278 g/mol. The molecule has 0 bridgehead atoms. The Kier molecular flexibility index (Phi) is 9.76. The van der Waals surface area contributed by atoms with E-state index in [1.807, 2.05) is 33.9 Å². The molecule has 0 radical (unpaired) electrons. The molecule has 2 rings (SSSR count). The highest BCUT2D eigenvalue weighted by Gasteiger charge is 2.05. The number of ether oxygens (including phenoxy) is 1. The van der Waals surface area contributed by atoms with Crippen LogP contribution in [0.3, 0.4) is 0 Å².